The highest BCUT2D eigenvalue weighted by atomic mass is 32.1. The second kappa shape index (κ2) is 7.73. The standard InChI is InChI=1S/C15H18N4O4S/c1-3-23-14(22)17-19-11(9-12(20)16-2)13(21)18(15(19)24)10-7-5-4-6-8-10/h4-8,11H,3,9H2,1-2H3,(H,16,20)(H,17,22). The van der Waals surface area contributed by atoms with Crippen LogP contribution in [-0.4, -0.2) is 47.7 Å². The molecule has 1 aliphatic rings. The molecule has 128 valence electrons. The number of hydrazine groups is 1. The van der Waals surface area contributed by atoms with Crippen LogP contribution in [0.3, 0.4) is 0 Å². The number of nitrogens with one attached hydrogen (secondary N) is 2. The molecule has 9 heteroatoms. The summed E-state index contributed by atoms with van der Waals surface area (Å²) in [5.74, 6) is -0.742. The first-order valence-electron chi connectivity index (χ1n) is 7.35. The molecule has 2 N–H and O–H groups in total. The van der Waals surface area contributed by atoms with Crippen LogP contribution >= 0.6 is 12.2 Å². The van der Waals surface area contributed by atoms with E-state index in [2.05, 4.69) is 10.7 Å². The molecule has 0 aromatic heterocycles. The van der Waals surface area contributed by atoms with Crippen molar-refractivity contribution in [3.63, 3.8) is 0 Å². The van der Waals surface area contributed by atoms with Gasteiger partial charge in [-0.25, -0.2) is 15.2 Å². The van der Waals surface area contributed by atoms with Crippen molar-refractivity contribution in [3.8, 4) is 0 Å². The number of nitrogens with zero attached hydrogens (tertiary/aromatic N) is 2. The summed E-state index contributed by atoms with van der Waals surface area (Å²) >= 11 is 5.32. The molecule has 0 saturated carbocycles. The van der Waals surface area contributed by atoms with Gasteiger partial charge in [0.15, 0.2) is 0 Å². The molecule has 0 radical (unpaired) electrons. The Morgan fingerprint density at radius 1 is 1.29 bits per heavy atom. The number of hydrogen-bond acceptors (Lipinski definition) is 5. The number of rotatable bonds is 5. The maximum Gasteiger partial charge on any atom is 0.426 e. The van der Waals surface area contributed by atoms with Gasteiger partial charge in [-0.1, -0.05) is 18.2 Å². The quantitative estimate of drug-likeness (QED) is 0.763. The highest BCUT2D eigenvalue weighted by Gasteiger charge is 2.45. The van der Waals surface area contributed by atoms with Crippen LogP contribution in [0.1, 0.15) is 13.3 Å². The number of amides is 3. The minimum atomic E-state index is -0.943. The molecule has 1 aliphatic heterocycles. The predicted molar refractivity (Wildman–Crippen MR) is 91.0 cm³/mol. The molecule has 3 amide bonds. The number of anilines is 1. The van der Waals surface area contributed by atoms with E-state index in [-0.39, 0.29) is 24.0 Å². The molecule has 1 unspecified atom stereocenters. The number of ether oxygens (including phenoxy) is 1. The topological polar surface area (TPSA) is 91.0 Å². The van der Waals surface area contributed by atoms with Crippen molar-refractivity contribution in [2.24, 2.45) is 0 Å². The number of para-hydroxylation sites is 1. The molecular formula is C15H18N4O4S. The third-order valence-corrected chi connectivity index (χ3v) is 3.75. The first-order valence-corrected chi connectivity index (χ1v) is 7.76. The maximum atomic E-state index is 12.7. The van der Waals surface area contributed by atoms with Crippen molar-refractivity contribution in [3.05, 3.63) is 30.3 Å². The van der Waals surface area contributed by atoms with Gasteiger partial charge in [0.2, 0.25) is 11.0 Å². The largest absolute Gasteiger partial charge is 0.449 e. The lowest BCUT2D eigenvalue weighted by Crippen LogP contribution is -2.50. The van der Waals surface area contributed by atoms with Gasteiger partial charge in [-0.2, -0.15) is 0 Å². The molecular weight excluding hydrogens is 332 g/mol. The molecule has 1 aromatic carbocycles. The van der Waals surface area contributed by atoms with Gasteiger partial charge in [0.25, 0.3) is 5.91 Å². The molecule has 2 rings (SSSR count). The monoisotopic (exact) mass is 350 g/mol. The Hall–Kier alpha value is -2.68. The van der Waals surface area contributed by atoms with Gasteiger partial charge in [0.05, 0.1) is 18.7 Å². The van der Waals surface area contributed by atoms with E-state index in [1.165, 1.54) is 17.0 Å². The van der Waals surface area contributed by atoms with Gasteiger partial charge in [0.1, 0.15) is 6.04 Å². The third-order valence-electron chi connectivity index (χ3n) is 3.37. The zero-order chi connectivity index (χ0) is 17.7. The molecule has 1 fully saturated rings. The lowest BCUT2D eigenvalue weighted by atomic mass is 10.2. The summed E-state index contributed by atoms with van der Waals surface area (Å²) in [4.78, 5) is 37.5. The van der Waals surface area contributed by atoms with Crippen LogP contribution in [0, 0.1) is 0 Å². The van der Waals surface area contributed by atoms with Crippen molar-refractivity contribution >= 4 is 40.9 Å². The van der Waals surface area contributed by atoms with Gasteiger partial charge >= 0.3 is 6.09 Å². The van der Waals surface area contributed by atoms with E-state index in [0.29, 0.717) is 5.69 Å². The predicted octanol–water partition coefficient (Wildman–Crippen LogP) is 0.786. The van der Waals surface area contributed by atoms with Crippen LogP contribution in [0.2, 0.25) is 0 Å². The minimum Gasteiger partial charge on any atom is -0.449 e. The van der Waals surface area contributed by atoms with Crippen molar-refractivity contribution in [1.82, 2.24) is 15.8 Å². The van der Waals surface area contributed by atoms with Gasteiger partial charge < -0.3 is 10.1 Å². The Labute approximate surface area is 144 Å². The Bertz CT molecular complexity index is 652. The second-order valence-electron chi connectivity index (χ2n) is 4.89. The van der Waals surface area contributed by atoms with Gasteiger partial charge in [0, 0.05) is 7.05 Å². The van der Waals surface area contributed by atoms with E-state index in [1.807, 2.05) is 6.07 Å². The fraction of sp³-hybridized carbons (Fsp3) is 0.333. The molecule has 24 heavy (non-hydrogen) atoms. The highest BCUT2D eigenvalue weighted by molar-refractivity contribution is 7.80. The Morgan fingerprint density at radius 3 is 2.54 bits per heavy atom. The smallest absolute Gasteiger partial charge is 0.426 e. The second-order valence-corrected chi connectivity index (χ2v) is 5.25. The summed E-state index contributed by atoms with van der Waals surface area (Å²) in [5, 5.41) is 3.73. The maximum absolute atomic E-state index is 12.7. The summed E-state index contributed by atoms with van der Waals surface area (Å²) in [6.07, 6.45) is -0.893. The number of carbonyl (C=O) groups excluding carboxylic acids is 3. The molecule has 0 aliphatic carbocycles. The van der Waals surface area contributed by atoms with Crippen molar-refractivity contribution in [2.45, 2.75) is 19.4 Å². The third kappa shape index (κ3) is 3.62. The Kier molecular flexibility index (Phi) is 5.69. The Morgan fingerprint density at radius 2 is 1.96 bits per heavy atom. The summed E-state index contributed by atoms with van der Waals surface area (Å²) < 4.78 is 4.83. The van der Waals surface area contributed by atoms with Crippen LogP contribution < -0.4 is 15.6 Å². The molecule has 1 heterocycles. The van der Waals surface area contributed by atoms with E-state index < -0.39 is 18.0 Å². The normalized spacial score (nSPS) is 17.0. The van der Waals surface area contributed by atoms with Gasteiger partial charge in [-0.05, 0) is 31.3 Å². The molecule has 0 bridgehead atoms. The highest BCUT2D eigenvalue weighted by Crippen LogP contribution is 2.25. The van der Waals surface area contributed by atoms with E-state index in [4.69, 9.17) is 17.0 Å². The van der Waals surface area contributed by atoms with Crippen molar-refractivity contribution in [2.75, 3.05) is 18.6 Å². The van der Waals surface area contributed by atoms with Gasteiger partial charge in [-0.15, -0.1) is 0 Å². The van der Waals surface area contributed by atoms with Gasteiger partial charge in [-0.3, -0.25) is 14.5 Å². The number of carbonyl (C=O) groups is 3. The number of benzene rings is 1. The minimum absolute atomic E-state index is 0.0770. The fourth-order valence-corrected chi connectivity index (χ4v) is 2.62. The van der Waals surface area contributed by atoms with Crippen LogP contribution in [0.25, 0.3) is 0 Å². The van der Waals surface area contributed by atoms with E-state index in [1.54, 1.807) is 31.2 Å². The first kappa shape index (κ1) is 17.7. The average molecular weight is 350 g/mol. The summed E-state index contributed by atoms with van der Waals surface area (Å²) in [7, 11) is 1.47. The van der Waals surface area contributed by atoms with E-state index in [9.17, 15) is 14.4 Å². The summed E-state index contributed by atoms with van der Waals surface area (Å²) in [6, 6.07) is 7.83. The average Bonchev–Trinajstić information content (AvgIpc) is 2.79. The van der Waals surface area contributed by atoms with Crippen LogP contribution in [0.4, 0.5) is 10.5 Å². The van der Waals surface area contributed by atoms with E-state index >= 15 is 0 Å². The number of thiocarbonyl (C=S) groups is 1. The zero-order valence-corrected chi connectivity index (χ0v) is 14.1. The number of hydrogen-bond donors (Lipinski definition) is 2. The van der Waals surface area contributed by atoms with E-state index in [0.717, 1.165) is 0 Å². The fourth-order valence-electron chi connectivity index (χ4n) is 2.25. The lowest BCUT2D eigenvalue weighted by Gasteiger charge is -2.23. The van der Waals surface area contributed by atoms with Crippen molar-refractivity contribution < 1.29 is 19.1 Å². The van der Waals surface area contributed by atoms with Crippen molar-refractivity contribution in [1.29, 1.82) is 0 Å². The zero-order valence-electron chi connectivity index (χ0n) is 13.3. The molecule has 0 spiro atoms. The molecule has 1 saturated heterocycles. The molecule has 1 atom stereocenters. The molecule has 1 aromatic rings. The summed E-state index contributed by atoms with van der Waals surface area (Å²) in [5.41, 5.74) is 2.99. The Balaban J connectivity index is 2.30. The molecule has 8 nitrogen and oxygen atoms in total. The SMILES string of the molecule is CCOC(=O)NN1C(=S)N(c2ccccc2)C(=O)C1CC(=O)NC. The lowest BCUT2D eigenvalue weighted by molar-refractivity contribution is -0.127. The van der Waals surface area contributed by atoms with Crippen LogP contribution in [-0.2, 0) is 14.3 Å². The first-order chi connectivity index (χ1) is 11.5. The van der Waals surface area contributed by atoms with Crippen LogP contribution in [0.15, 0.2) is 30.3 Å². The summed E-state index contributed by atoms with van der Waals surface area (Å²) in [6.45, 7) is 1.83. The van der Waals surface area contributed by atoms with Crippen LogP contribution in [0.5, 0.6) is 0 Å².